The quantitative estimate of drug-likeness (QED) is 0.195. The van der Waals surface area contributed by atoms with Crippen molar-refractivity contribution in [2.24, 2.45) is 0 Å². The molecular formula is C23H48. The molecule has 0 fully saturated rings. The molecule has 0 heterocycles. The van der Waals surface area contributed by atoms with Crippen LogP contribution in [0.1, 0.15) is 151 Å². The Bertz CT molecular complexity index is 226. The summed E-state index contributed by atoms with van der Waals surface area (Å²) in [5.41, 5.74) is 0. The fourth-order valence-electron chi connectivity index (χ4n) is 3.25. The highest BCUT2D eigenvalue weighted by atomic mass is 14.0. The summed E-state index contributed by atoms with van der Waals surface area (Å²) in [6, 6.07) is 0. The van der Waals surface area contributed by atoms with E-state index in [1.807, 2.05) is 0 Å². The van der Waals surface area contributed by atoms with E-state index in [4.69, 9.17) is 2.74 Å². The Kier molecular flexibility index (Phi) is 18.5. The molecular weight excluding hydrogens is 276 g/mol. The van der Waals surface area contributed by atoms with E-state index in [1.165, 1.54) is 103 Å². The van der Waals surface area contributed by atoms with E-state index in [0.717, 1.165) is 25.7 Å². The normalized spacial score (nSPS) is 13.1. The van der Waals surface area contributed by atoms with Crippen molar-refractivity contribution in [3.63, 3.8) is 0 Å². The average Bonchev–Trinajstić information content (AvgIpc) is 2.59. The van der Waals surface area contributed by atoms with Crippen LogP contribution >= 0.6 is 0 Å². The van der Waals surface area contributed by atoms with Gasteiger partial charge in [0.15, 0.2) is 0 Å². The van der Waals surface area contributed by atoms with E-state index >= 15 is 0 Å². The summed E-state index contributed by atoms with van der Waals surface area (Å²) in [6.45, 7) is 4.53. The van der Waals surface area contributed by atoms with Crippen molar-refractivity contribution in [1.82, 2.24) is 0 Å². The zero-order valence-corrected chi connectivity index (χ0v) is 16.6. The molecule has 0 aliphatic rings. The standard InChI is InChI=1S/C23H48/c1-3-5-7-9-11-13-15-17-19-21-23-22-20-18-16-14-12-10-8-6-4-2/h3-23H2,1-2H3/i23D2. The van der Waals surface area contributed by atoms with Crippen LogP contribution in [0, 0.1) is 0 Å². The molecule has 0 amide bonds. The minimum Gasteiger partial charge on any atom is -0.0654 e. The van der Waals surface area contributed by atoms with Crippen LogP contribution in [0.25, 0.3) is 0 Å². The van der Waals surface area contributed by atoms with Gasteiger partial charge >= 0.3 is 0 Å². The Balaban J connectivity index is 3.32. The molecule has 0 unspecified atom stereocenters. The Morgan fingerprint density at radius 1 is 0.348 bits per heavy atom. The van der Waals surface area contributed by atoms with Gasteiger partial charge in [0.25, 0.3) is 0 Å². The van der Waals surface area contributed by atoms with Crippen molar-refractivity contribution >= 4 is 0 Å². The fourth-order valence-corrected chi connectivity index (χ4v) is 3.25. The molecule has 0 aliphatic heterocycles. The minimum absolute atomic E-state index is 0.778. The van der Waals surface area contributed by atoms with E-state index in [9.17, 15) is 0 Å². The van der Waals surface area contributed by atoms with Crippen LogP contribution in [0.5, 0.6) is 0 Å². The summed E-state index contributed by atoms with van der Waals surface area (Å²) in [5.74, 6) is 0. The molecule has 0 saturated carbocycles. The van der Waals surface area contributed by atoms with Crippen molar-refractivity contribution in [2.75, 3.05) is 0 Å². The maximum absolute atomic E-state index is 8.18. The lowest BCUT2D eigenvalue weighted by molar-refractivity contribution is 0.521. The van der Waals surface area contributed by atoms with Crippen LogP contribution in [0.2, 0.25) is 0 Å². The van der Waals surface area contributed by atoms with Crippen LogP contribution in [0.15, 0.2) is 0 Å². The zero-order chi connectivity index (χ0) is 18.6. The fraction of sp³-hybridized carbons (Fsp3) is 1.00. The molecule has 0 spiro atoms. The second kappa shape index (κ2) is 22.0. The van der Waals surface area contributed by atoms with Gasteiger partial charge in [0.2, 0.25) is 0 Å². The molecule has 140 valence electrons. The van der Waals surface area contributed by atoms with Crippen molar-refractivity contribution < 1.29 is 2.74 Å². The largest absolute Gasteiger partial charge is 0.0654 e. The molecule has 0 nitrogen and oxygen atoms in total. The summed E-state index contributed by atoms with van der Waals surface area (Å²) in [7, 11) is 0. The van der Waals surface area contributed by atoms with Gasteiger partial charge in [0.05, 0.1) is 0 Å². The molecule has 0 aromatic heterocycles. The molecule has 0 aliphatic carbocycles. The molecule has 0 radical (unpaired) electrons. The molecule has 0 N–H and O–H groups in total. The van der Waals surface area contributed by atoms with E-state index in [0.29, 0.717) is 0 Å². The summed E-state index contributed by atoms with van der Waals surface area (Å²) >= 11 is 0. The van der Waals surface area contributed by atoms with Crippen molar-refractivity contribution in [3.05, 3.63) is 0 Å². The molecule has 0 aromatic carbocycles. The maximum Gasteiger partial charge on any atom is 0.0267 e. The van der Waals surface area contributed by atoms with Crippen LogP contribution in [0.4, 0.5) is 0 Å². The van der Waals surface area contributed by atoms with Gasteiger partial charge < -0.3 is 0 Å². The van der Waals surface area contributed by atoms with Gasteiger partial charge in [-0.05, 0) is 0 Å². The van der Waals surface area contributed by atoms with Crippen molar-refractivity contribution in [2.45, 2.75) is 149 Å². The molecule has 0 aromatic rings. The lowest BCUT2D eigenvalue weighted by Crippen LogP contribution is -1.84. The van der Waals surface area contributed by atoms with Gasteiger partial charge in [-0.3, -0.25) is 0 Å². The van der Waals surface area contributed by atoms with Crippen molar-refractivity contribution in [3.8, 4) is 0 Å². The van der Waals surface area contributed by atoms with Gasteiger partial charge in [-0.25, -0.2) is 0 Å². The summed E-state index contributed by atoms with van der Waals surface area (Å²) in [5, 5.41) is 0. The maximum atomic E-state index is 8.18. The molecule has 0 atom stereocenters. The number of hydrogen-bond donors (Lipinski definition) is 0. The number of rotatable bonds is 20. The molecule has 0 heteroatoms. The third-order valence-corrected chi connectivity index (χ3v) is 4.91. The first-order chi connectivity index (χ1) is 12.1. The van der Waals surface area contributed by atoms with E-state index in [-0.39, 0.29) is 0 Å². The topological polar surface area (TPSA) is 0 Å². The smallest absolute Gasteiger partial charge is 0.0267 e. The van der Waals surface area contributed by atoms with Gasteiger partial charge in [0.1, 0.15) is 0 Å². The summed E-state index contributed by atoms with van der Waals surface area (Å²) in [4.78, 5) is 0. The molecule has 0 rings (SSSR count). The Morgan fingerprint density at radius 3 is 0.826 bits per heavy atom. The summed E-state index contributed by atoms with van der Waals surface area (Å²) < 4.78 is 16.4. The Labute approximate surface area is 152 Å². The van der Waals surface area contributed by atoms with Gasteiger partial charge in [-0.15, -0.1) is 0 Å². The SMILES string of the molecule is [2H]C([2H])(CCCCCCCCCCC)CCCCCCCCCCC. The second-order valence-corrected chi connectivity index (χ2v) is 7.41. The molecule has 23 heavy (non-hydrogen) atoms. The van der Waals surface area contributed by atoms with Gasteiger partial charge in [-0.1, -0.05) is 149 Å². The minimum atomic E-state index is -0.914. The number of hydrogen-bond acceptors (Lipinski definition) is 0. The highest BCUT2D eigenvalue weighted by Crippen LogP contribution is 2.14. The first kappa shape index (κ1) is 19.3. The third kappa shape index (κ3) is 22.0. The lowest BCUT2D eigenvalue weighted by Gasteiger charge is -2.04. The van der Waals surface area contributed by atoms with Crippen LogP contribution in [0.3, 0.4) is 0 Å². The lowest BCUT2D eigenvalue weighted by atomic mass is 10.0. The van der Waals surface area contributed by atoms with Crippen LogP contribution < -0.4 is 0 Å². The van der Waals surface area contributed by atoms with Crippen LogP contribution in [-0.2, 0) is 0 Å². The van der Waals surface area contributed by atoms with Crippen molar-refractivity contribution in [1.29, 1.82) is 0 Å². The predicted molar refractivity (Wildman–Crippen MR) is 108 cm³/mol. The predicted octanol–water partition coefficient (Wildman–Crippen LogP) is 9.22. The Hall–Kier alpha value is 0. The van der Waals surface area contributed by atoms with Crippen LogP contribution in [-0.4, -0.2) is 0 Å². The second-order valence-electron chi connectivity index (χ2n) is 7.41. The van der Waals surface area contributed by atoms with Gasteiger partial charge in [-0.2, -0.15) is 0 Å². The van der Waals surface area contributed by atoms with E-state index in [1.54, 1.807) is 0 Å². The highest BCUT2D eigenvalue weighted by Gasteiger charge is 1.95. The highest BCUT2D eigenvalue weighted by molar-refractivity contribution is 4.50. The molecule has 0 bridgehead atoms. The molecule has 0 saturated heterocycles. The first-order valence-corrected chi connectivity index (χ1v) is 11.1. The first-order valence-electron chi connectivity index (χ1n) is 12.1. The number of unbranched alkanes of at least 4 members (excludes halogenated alkanes) is 16. The Morgan fingerprint density at radius 2 is 0.565 bits per heavy atom. The average molecular weight is 327 g/mol. The van der Waals surface area contributed by atoms with E-state index in [2.05, 4.69) is 13.8 Å². The third-order valence-electron chi connectivity index (χ3n) is 4.91. The monoisotopic (exact) mass is 326 g/mol. The zero-order valence-electron chi connectivity index (χ0n) is 18.6. The van der Waals surface area contributed by atoms with Gasteiger partial charge in [0, 0.05) is 2.74 Å². The summed E-state index contributed by atoms with van der Waals surface area (Å²) in [6.07, 6.45) is 24.4. The van der Waals surface area contributed by atoms with E-state index < -0.39 is 6.37 Å².